The van der Waals surface area contributed by atoms with E-state index in [0.29, 0.717) is 13.2 Å². The van der Waals surface area contributed by atoms with Crippen LogP contribution in [-0.2, 0) is 15.0 Å². The fraction of sp³-hybridized carbons (Fsp3) is 0.391. The van der Waals surface area contributed by atoms with E-state index in [1.54, 1.807) is 4.90 Å². The van der Waals surface area contributed by atoms with E-state index < -0.39 is 0 Å². The van der Waals surface area contributed by atoms with Gasteiger partial charge in [-0.25, -0.2) is 0 Å². The lowest BCUT2D eigenvalue weighted by molar-refractivity contribution is -0.122. The number of nitrogens with one attached hydrogen (secondary N) is 1. The first-order valence-electron chi connectivity index (χ1n) is 9.72. The van der Waals surface area contributed by atoms with Crippen LogP contribution in [0.2, 0.25) is 0 Å². The predicted octanol–water partition coefficient (Wildman–Crippen LogP) is 4.37. The predicted molar refractivity (Wildman–Crippen MR) is 112 cm³/mol. The third-order valence-electron chi connectivity index (χ3n) is 4.97. The van der Waals surface area contributed by atoms with Crippen molar-refractivity contribution in [3.63, 3.8) is 0 Å². The van der Waals surface area contributed by atoms with Crippen molar-refractivity contribution in [1.82, 2.24) is 0 Å². The molecule has 1 heterocycles. The molecule has 1 saturated heterocycles. The zero-order valence-corrected chi connectivity index (χ0v) is 17.0. The topological polar surface area (TPSA) is 58.6 Å². The Bertz CT molecular complexity index is 836. The Morgan fingerprint density at radius 1 is 1.11 bits per heavy atom. The van der Waals surface area contributed by atoms with E-state index in [4.69, 9.17) is 4.74 Å². The van der Waals surface area contributed by atoms with E-state index in [9.17, 15) is 9.59 Å². The van der Waals surface area contributed by atoms with Gasteiger partial charge in [-0.3, -0.25) is 9.59 Å². The van der Waals surface area contributed by atoms with Crippen LogP contribution >= 0.6 is 0 Å². The highest BCUT2D eigenvalue weighted by Gasteiger charge is 2.35. The Morgan fingerprint density at radius 3 is 2.32 bits per heavy atom. The number of hydrogen-bond donors (Lipinski definition) is 1. The summed E-state index contributed by atoms with van der Waals surface area (Å²) in [6.45, 7) is 9.37. The van der Waals surface area contributed by atoms with Gasteiger partial charge in [-0.1, -0.05) is 32.9 Å². The fourth-order valence-corrected chi connectivity index (χ4v) is 3.32. The van der Waals surface area contributed by atoms with Gasteiger partial charge in [0.15, 0.2) is 0 Å². The lowest BCUT2D eigenvalue weighted by Crippen LogP contribution is -2.28. The van der Waals surface area contributed by atoms with E-state index in [1.807, 2.05) is 55.5 Å². The summed E-state index contributed by atoms with van der Waals surface area (Å²) in [5, 5.41) is 2.94. The van der Waals surface area contributed by atoms with Crippen LogP contribution in [0.25, 0.3) is 0 Å². The maximum Gasteiger partial charge on any atom is 0.229 e. The van der Waals surface area contributed by atoms with E-state index in [2.05, 4.69) is 26.1 Å². The van der Waals surface area contributed by atoms with Crippen molar-refractivity contribution in [3.05, 3.63) is 54.1 Å². The molecule has 1 N–H and O–H groups in total. The summed E-state index contributed by atoms with van der Waals surface area (Å²) >= 11 is 0. The molecule has 0 aromatic heterocycles. The van der Waals surface area contributed by atoms with Gasteiger partial charge in [-0.05, 0) is 54.3 Å². The highest BCUT2D eigenvalue weighted by Crippen LogP contribution is 2.28. The molecule has 0 spiro atoms. The van der Waals surface area contributed by atoms with Gasteiger partial charge >= 0.3 is 0 Å². The second kappa shape index (κ2) is 8.05. The first-order chi connectivity index (χ1) is 13.3. The van der Waals surface area contributed by atoms with Crippen LogP contribution in [0.4, 0.5) is 11.4 Å². The number of carbonyl (C=O) groups is 2. The Morgan fingerprint density at radius 2 is 1.75 bits per heavy atom. The summed E-state index contributed by atoms with van der Waals surface area (Å²) in [4.78, 5) is 26.7. The van der Waals surface area contributed by atoms with Crippen LogP contribution in [0.1, 0.15) is 39.7 Å². The minimum atomic E-state index is -0.360. The molecule has 1 aliphatic heterocycles. The van der Waals surface area contributed by atoms with Gasteiger partial charge in [-0.15, -0.1) is 0 Å². The lowest BCUT2D eigenvalue weighted by atomic mass is 9.87. The molecule has 2 amide bonds. The van der Waals surface area contributed by atoms with Crippen molar-refractivity contribution < 1.29 is 14.3 Å². The molecule has 1 atom stereocenters. The van der Waals surface area contributed by atoms with E-state index in [1.165, 1.54) is 5.56 Å². The third kappa shape index (κ3) is 4.53. The van der Waals surface area contributed by atoms with Crippen LogP contribution in [0.15, 0.2) is 48.5 Å². The number of anilines is 2. The normalized spacial score (nSPS) is 16.9. The van der Waals surface area contributed by atoms with Crippen LogP contribution < -0.4 is 15.0 Å². The van der Waals surface area contributed by atoms with Crippen LogP contribution in [0.5, 0.6) is 5.75 Å². The standard InChI is InChI=1S/C23H28N2O3/c1-5-28-20-12-10-19(11-13-20)25-15-16(14-21(25)26)22(27)24-18-8-6-17(7-9-18)23(2,3)4/h6-13,16H,5,14-15H2,1-4H3,(H,24,27)/t16-/m0/s1. The summed E-state index contributed by atoms with van der Waals surface area (Å²) in [5.74, 6) is 0.255. The average Bonchev–Trinajstić information content (AvgIpc) is 3.04. The van der Waals surface area contributed by atoms with Gasteiger partial charge in [0.2, 0.25) is 11.8 Å². The monoisotopic (exact) mass is 380 g/mol. The van der Waals surface area contributed by atoms with Gasteiger partial charge < -0.3 is 15.0 Å². The van der Waals surface area contributed by atoms with Crippen molar-refractivity contribution in [2.75, 3.05) is 23.4 Å². The highest BCUT2D eigenvalue weighted by atomic mass is 16.5. The molecule has 0 saturated carbocycles. The molecule has 0 bridgehead atoms. The summed E-state index contributed by atoms with van der Waals surface area (Å²) < 4.78 is 5.44. The summed E-state index contributed by atoms with van der Waals surface area (Å²) in [7, 11) is 0. The third-order valence-corrected chi connectivity index (χ3v) is 4.97. The fourth-order valence-electron chi connectivity index (χ4n) is 3.32. The van der Waals surface area contributed by atoms with E-state index >= 15 is 0 Å². The number of rotatable bonds is 5. The van der Waals surface area contributed by atoms with Crippen molar-refractivity contribution in [2.24, 2.45) is 5.92 Å². The quantitative estimate of drug-likeness (QED) is 0.838. The number of hydrogen-bond acceptors (Lipinski definition) is 3. The Hall–Kier alpha value is -2.82. The van der Waals surface area contributed by atoms with Crippen molar-refractivity contribution >= 4 is 23.2 Å². The molecular formula is C23H28N2O3. The van der Waals surface area contributed by atoms with Crippen LogP contribution in [0, 0.1) is 5.92 Å². The summed E-state index contributed by atoms with van der Waals surface area (Å²) in [6, 6.07) is 15.3. The number of carbonyl (C=O) groups excluding carboxylic acids is 2. The SMILES string of the molecule is CCOc1ccc(N2C[C@@H](C(=O)Nc3ccc(C(C)(C)C)cc3)CC2=O)cc1. The van der Waals surface area contributed by atoms with Gasteiger partial charge in [0.25, 0.3) is 0 Å². The Balaban J connectivity index is 1.63. The molecule has 5 heteroatoms. The molecule has 148 valence electrons. The number of nitrogens with zero attached hydrogens (tertiary/aromatic N) is 1. The molecule has 5 nitrogen and oxygen atoms in total. The number of ether oxygens (including phenoxy) is 1. The van der Waals surface area contributed by atoms with Crippen LogP contribution in [0.3, 0.4) is 0 Å². The highest BCUT2D eigenvalue weighted by molar-refractivity contribution is 6.03. The Kier molecular flexibility index (Phi) is 5.73. The van der Waals surface area contributed by atoms with E-state index in [0.717, 1.165) is 17.1 Å². The summed E-state index contributed by atoms with van der Waals surface area (Å²) in [5.41, 5.74) is 2.82. The average molecular weight is 380 g/mol. The first-order valence-corrected chi connectivity index (χ1v) is 9.72. The molecular weight excluding hydrogens is 352 g/mol. The van der Waals surface area contributed by atoms with Crippen molar-refractivity contribution in [2.45, 2.75) is 39.5 Å². The van der Waals surface area contributed by atoms with E-state index in [-0.39, 0.29) is 29.6 Å². The van der Waals surface area contributed by atoms with Gasteiger partial charge in [0.1, 0.15) is 5.75 Å². The zero-order valence-electron chi connectivity index (χ0n) is 17.0. The number of benzene rings is 2. The molecule has 0 unspecified atom stereocenters. The smallest absolute Gasteiger partial charge is 0.229 e. The molecule has 3 rings (SSSR count). The summed E-state index contributed by atoms with van der Waals surface area (Å²) in [6.07, 6.45) is 0.221. The van der Waals surface area contributed by atoms with Gasteiger partial charge in [0.05, 0.1) is 12.5 Å². The molecule has 2 aromatic carbocycles. The maximum absolute atomic E-state index is 12.6. The second-order valence-corrected chi connectivity index (χ2v) is 8.15. The van der Waals surface area contributed by atoms with Gasteiger partial charge in [-0.2, -0.15) is 0 Å². The molecule has 28 heavy (non-hydrogen) atoms. The molecule has 1 fully saturated rings. The maximum atomic E-state index is 12.6. The van der Waals surface area contributed by atoms with Crippen LogP contribution in [-0.4, -0.2) is 25.0 Å². The number of amides is 2. The lowest BCUT2D eigenvalue weighted by Gasteiger charge is -2.19. The first kappa shape index (κ1) is 19.9. The van der Waals surface area contributed by atoms with Crippen molar-refractivity contribution in [3.8, 4) is 5.75 Å². The second-order valence-electron chi connectivity index (χ2n) is 8.15. The Labute approximate surface area is 166 Å². The minimum absolute atomic E-state index is 0.0348. The largest absolute Gasteiger partial charge is 0.494 e. The molecule has 0 aliphatic carbocycles. The van der Waals surface area contributed by atoms with Gasteiger partial charge in [0, 0.05) is 24.3 Å². The van der Waals surface area contributed by atoms with Crippen molar-refractivity contribution in [1.29, 1.82) is 0 Å². The molecule has 1 aliphatic rings. The molecule has 0 radical (unpaired) electrons. The minimum Gasteiger partial charge on any atom is -0.494 e. The zero-order chi connectivity index (χ0) is 20.3. The molecule has 2 aromatic rings.